The fourth-order valence-electron chi connectivity index (χ4n) is 2.66. The van der Waals surface area contributed by atoms with Crippen molar-refractivity contribution in [3.05, 3.63) is 62.1 Å². The van der Waals surface area contributed by atoms with Gasteiger partial charge >= 0.3 is 0 Å². The summed E-state index contributed by atoms with van der Waals surface area (Å²) in [6.07, 6.45) is 0. The van der Waals surface area contributed by atoms with Crippen molar-refractivity contribution >= 4 is 43.2 Å². The molecule has 0 bridgehead atoms. The summed E-state index contributed by atoms with van der Waals surface area (Å²) >= 11 is 3.07. The van der Waals surface area contributed by atoms with E-state index >= 15 is 0 Å². The lowest BCUT2D eigenvalue weighted by molar-refractivity contribution is -0.385. The van der Waals surface area contributed by atoms with Crippen LogP contribution in [0.4, 0.5) is 11.4 Å². The van der Waals surface area contributed by atoms with Crippen molar-refractivity contribution < 1.29 is 18.1 Å². The van der Waals surface area contributed by atoms with Gasteiger partial charge in [-0.05, 0) is 52.7 Å². The van der Waals surface area contributed by atoms with Crippen LogP contribution in [0.3, 0.4) is 0 Å². The number of benzene rings is 2. The number of aryl methyl sites for hydroxylation is 1. The van der Waals surface area contributed by atoms with Crippen molar-refractivity contribution in [3.63, 3.8) is 0 Å². The first-order chi connectivity index (χ1) is 13.1. The maximum absolute atomic E-state index is 12.8. The molecule has 10 heteroatoms. The Bertz CT molecular complexity index is 1020. The molecular weight excluding hydrogens is 450 g/mol. The van der Waals surface area contributed by atoms with Crippen molar-refractivity contribution in [1.29, 1.82) is 0 Å². The van der Waals surface area contributed by atoms with Gasteiger partial charge in [-0.25, -0.2) is 8.42 Å². The van der Waals surface area contributed by atoms with Gasteiger partial charge in [-0.2, -0.15) is 4.31 Å². The fourth-order valence-corrected chi connectivity index (χ4v) is 4.76. The van der Waals surface area contributed by atoms with Gasteiger partial charge in [0.2, 0.25) is 10.0 Å². The summed E-state index contributed by atoms with van der Waals surface area (Å²) in [4.78, 5) is 23.0. The topological polar surface area (TPSA) is 110 Å². The van der Waals surface area contributed by atoms with E-state index in [9.17, 15) is 23.3 Å². The number of carbonyl (C=O) groups is 1. The van der Waals surface area contributed by atoms with E-state index < -0.39 is 20.9 Å². The summed E-state index contributed by atoms with van der Waals surface area (Å²) in [5, 5.41) is 13.6. The standard InChI is InChI=1S/C18H20BrN3O5S/c1-4-21(5-2)28(26,27)17-11-14(8-6-12(17)3)20-18(23)13-7-9-15(19)16(10-13)22(24)25/h6-11H,4-5H2,1-3H3,(H,20,23). The number of nitro groups is 1. The molecule has 0 spiro atoms. The summed E-state index contributed by atoms with van der Waals surface area (Å²) in [6.45, 7) is 5.85. The van der Waals surface area contributed by atoms with Gasteiger partial charge in [-0.3, -0.25) is 14.9 Å². The van der Waals surface area contributed by atoms with Crippen LogP contribution in [0.25, 0.3) is 0 Å². The molecule has 0 fully saturated rings. The van der Waals surface area contributed by atoms with E-state index in [-0.39, 0.29) is 26.3 Å². The van der Waals surface area contributed by atoms with Crippen LogP contribution in [0, 0.1) is 17.0 Å². The molecule has 2 aromatic rings. The highest BCUT2D eigenvalue weighted by molar-refractivity contribution is 9.10. The molecule has 28 heavy (non-hydrogen) atoms. The summed E-state index contributed by atoms with van der Waals surface area (Å²) in [5.41, 5.74) is 0.695. The Morgan fingerprint density at radius 2 is 1.82 bits per heavy atom. The Morgan fingerprint density at radius 1 is 1.18 bits per heavy atom. The number of hydrogen-bond acceptors (Lipinski definition) is 5. The quantitative estimate of drug-likeness (QED) is 0.487. The molecular formula is C18H20BrN3O5S. The summed E-state index contributed by atoms with van der Waals surface area (Å²) < 4.78 is 27.2. The van der Waals surface area contributed by atoms with Crippen LogP contribution in [0.15, 0.2) is 45.8 Å². The van der Waals surface area contributed by atoms with Crippen LogP contribution >= 0.6 is 15.9 Å². The smallest absolute Gasteiger partial charge is 0.284 e. The zero-order chi connectivity index (χ0) is 21.1. The summed E-state index contributed by atoms with van der Waals surface area (Å²) in [7, 11) is -3.69. The maximum Gasteiger partial charge on any atom is 0.284 e. The molecule has 0 saturated carbocycles. The minimum absolute atomic E-state index is 0.0867. The molecule has 1 amide bonds. The number of anilines is 1. The van der Waals surface area contributed by atoms with Crippen molar-refractivity contribution in [2.45, 2.75) is 25.7 Å². The average Bonchev–Trinajstić information content (AvgIpc) is 2.64. The van der Waals surface area contributed by atoms with E-state index in [1.165, 1.54) is 22.5 Å². The van der Waals surface area contributed by atoms with Gasteiger partial charge in [0.05, 0.1) is 14.3 Å². The number of sulfonamides is 1. The number of nitro benzene ring substituents is 1. The third-order valence-corrected chi connectivity index (χ3v) is 7.04. The molecule has 150 valence electrons. The minimum Gasteiger partial charge on any atom is -0.322 e. The van der Waals surface area contributed by atoms with Crippen LogP contribution in [0.2, 0.25) is 0 Å². The predicted molar refractivity (Wildman–Crippen MR) is 110 cm³/mol. The highest BCUT2D eigenvalue weighted by atomic mass is 79.9. The number of rotatable bonds is 7. The minimum atomic E-state index is -3.69. The van der Waals surface area contributed by atoms with Gasteiger partial charge in [-0.1, -0.05) is 19.9 Å². The largest absolute Gasteiger partial charge is 0.322 e. The van der Waals surface area contributed by atoms with Crippen LogP contribution < -0.4 is 5.32 Å². The second kappa shape index (κ2) is 8.80. The molecule has 0 aromatic heterocycles. The number of hydrogen-bond donors (Lipinski definition) is 1. The molecule has 2 rings (SSSR count). The van der Waals surface area contributed by atoms with Crippen LogP contribution in [-0.2, 0) is 10.0 Å². The normalized spacial score (nSPS) is 11.5. The van der Waals surface area contributed by atoms with Gasteiger partial charge in [0, 0.05) is 30.4 Å². The third-order valence-electron chi connectivity index (χ3n) is 4.17. The molecule has 0 radical (unpaired) electrons. The van der Waals surface area contributed by atoms with E-state index in [0.29, 0.717) is 18.7 Å². The Balaban J connectivity index is 2.37. The molecule has 0 heterocycles. The first-order valence-electron chi connectivity index (χ1n) is 8.47. The predicted octanol–water partition coefficient (Wildman–Crippen LogP) is 3.95. The lowest BCUT2D eigenvalue weighted by Gasteiger charge is -2.20. The summed E-state index contributed by atoms with van der Waals surface area (Å²) in [5.74, 6) is -0.578. The van der Waals surface area contributed by atoms with E-state index in [1.54, 1.807) is 32.9 Å². The van der Waals surface area contributed by atoms with Gasteiger partial charge in [0.1, 0.15) is 0 Å². The molecule has 2 aromatic carbocycles. The maximum atomic E-state index is 12.8. The van der Waals surface area contributed by atoms with E-state index in [4.69, 9.17) is 0 Å². The first kappa shape index (κ1) is 22.0. The zero-order valence-electron chi connectivity index (χ0n) is 15.6. The average molecular weight is 470 g/mol. The van der Waals surface area contributed by atoms with E-state index in [1.807, 2.05) is 0 Å². The molecule has 0 aliphatic heterocycles. The van der Waals surface area contributed by atoms with Gasteiger partial charge in [0.25, 0.3) is 11.6 Å². The monoisotopic (exact) mass is 469 g/mol. The lowest BCUT2D eigenvalue weighted by Crippen LogP contribution is -2.31. The van der Waals surface area contributed by atoms with Crippen molar-refractivity contribution in [2.24, 2.45) is 0 Å². The first-order valence-corrected chi connectivity index (χ1v) is 10.7. The highest BCUT2D eigenvalue weighted by Gasteiger charge is 2.24. The Kier molecular flexibility index (Phi) is 6.91. The van der Waals surface area contributed by atoms with Crippen molar-refractivity contribution in [2.75, 3.05) is 18.4 Å². The SMILES string of the molecule is CCN(CC)S(=O)(=O)c1cc(NC(=O)c2ccc(Br)c([N+](=O)[O-])c2)ccc1C. The number of halogens is 1. The van der Waals surface area contributed by atoms with Crippen molar-refractivity contribution in [1.82, 2.24) is 4.31 Å². The number of nitrogens with one attached hydrogen (secondary N) is 1. The second-order valence-electron chi connectivity index (χ2n) is 5.95. The van der Waals surface area contributed by atoms with Crippen LogP contribution in [0.1, 0.15) is 29.8 Å². The molecule has 0 aliphatic carbocycles. The van der Waals surface area contributed by atoms with Gasteiger partial charge in [-0.15, -0.1) is 0 Å². The Morgan fingerprint density at radius 3 is 2.39 bits per heavy atom. The number of nitrogens with zero attached hydrogens (tertiary/aromatic N) is 2. The zero-order valence-corrected chi connectivity index (χ0v) is 18.0. The molecule has 0 saturated heterocycles. The Labute approximate surface area is 171 Å². The van der Waals surface area contributed by atoms with E-state index in [2.05, 4.69) is 21.2 Å². The number of carbonyl (C=O) groups excluding carboxylic acids is 1. The van der Waals surface area contributed by atoms with Crippen LogP contribution in [-0.4, -0.2) is 36.6 Å². The number of amides is 1. The summed E-state index contributed by atoms with van der Waals surface area (Å²) in [6, 6.07) is 8.60. The van der Waals surface area contributed by atoms with Crippen LogP contribution in [0.5, 0.6) is 0 Å². The molecule has 1 N–H and O–H groups in total. The second-order valence-corrected chi connectivity index (χ2v) is 8.71. The lowest BCUT2D eigenvalue weighted by atomic mass is 10.1. The molecule has 0 aliphatic rings. The molecule has 0 atom stereocenters. The van der Waals surface area contributed by atoms with Gasteiger partial charge < -0.3 is 5.32 Å². The Hall–Kier alpha value is -2.30. The highest BCUT2D eigenvalue weighted by Crippen LogP contribution is 2.27. The van der Waals surface area contributed by atoms with Gasteiger partial charge in [0.15, 0.2) is 0 Å². The molecule has 8 nitrogen and oxygen atoms in total. The molecule has 0 unspecified atom stereocenters. The third kappa shape index (κ3) is 4.57. The van der Waals surface area contributed by atoms with Crippen molar-refractivity contribution in [3.8, 4) is 0 Å². The van der Waals surface area contributed by atoms with E-state index in [0.717, 1.165) is 6.07 Å². The fraction of sp³-hybridized carbons (Fsp3) is 0.278.